The molecular formula is C25H25N7O2Se. The molecule has 1 saturated heterocycles. The van der Waals surface area contributed by atoms with Gasteiger partial charge in [-0.3, -0.25) is 0 Å². The van der Waals surface area contributed by atoms with Crippen LogP contribution in [0.5, 0.6) is 5.88 Å². The molecular weight excluding hydrogens is 509 g/mol. The molecule has 0 unspecified atom stereocenters. The third-order valence-electron chi connectivity index (χ3n) is 5.97. The number of carbonyl (C=O) groups excluding carboxylic acids is 1. The van der Waals surface area contributed by atoms with Gasteiger partial charge < -0.3 is 4.74 Å². The molecule has 9 nitrogen and oxygen atoms in total. The van der Waals surface area contributed by atoms with E-state index in [1.54, 1.807) is 12.3 Å². The van der Waals surface area contributed by atoms with Crippen molar-refractivity contribution in [1.29, 1.82) is 10.5 Å². The minimum atomic E-state index is 0.0355. The number of likely N-dealkylation sites (tertiary alicyclic amines) is 1. The molecule has 1 N–H and O–H groups in total. The number of nitrogens with one attached hydrogen (secondary N) is 1. The van der Waals surface area contributed by atoms with E-state index in [0.29, 0.717) is 24.4 Å². The smallest absolute Gasteiger partial charge is 0.192 e. The molecule has 1 fully saturated rings. The second-order valence-corrected chi connectivity index (χ2v) is 10.1. The van der Waals surface area contributed by atoms with Gasteiger partial charge >= 0.3 is 130 Å². The molecule has 10 heteroatoms. The van der Waals surface area contributed by atoms with Crippen LogP contribution in [0.4, 0.5) is 5.82 Å². The fourth-order valence-corrected chi connectivity index (χ4v) is 5.08. The van der Waals surface area contributed by atoms with Gasteiger partial charge in [-0.15, -0.1) is 0 Å². The zero-order valence-corrected chi connectivity index (χ0v) is 21.1. The van der Waals surface area contributed by atoms with Crippen molar-refractivity contribution in [3.8, 4) is 28.0 Å². The summed E-state index contributed by atoms with van der Waals surface area (Å²) in [7, 11) is 1.49. The van der Waals surface area contributed by atoms with Crippen LogP contribution < -0.4 is 10.1 Å². The summed E-state index contributed by atoms with van der Waals surface area (Å²) in [4.78, 5) is 29.8. The van der Waals surface area contributed by atoms with E-state index in [9.17, 15) is 10.1 Å². The Morgan fingerprint density at radius 3 is 2.91 bits per heavy atom. The normalized spacial score (nSPS) is 14.9. The Balaban J connectivity index is 1.46. The minimum Gasteiger partial charge on any atom is -0.192 e. The van der Waals surface area contributed by atoms with E-state index < -0.39 is 0 Å². The first-order valence-corrected chi connectivity index (χ1v) is 13.4. The van der Waals surface area contributed by atoms with E-state index in [0.717, 1.165) is 59.0 Å². The number of fused-ring (bicyclic) bond motifs is 1. The van der Waals surface area contributed by atoms with Gasteiger partial charge in [-0.2, -0.15) is 5.26 Å². The summed E-state index contributed by atoms with van der Waals surface area (Å²) < 4.78 is 5.15. The molecule has 178 valence electrons. The SMILES string of the molecule is COc1ncc(-c2ccc3ncnc(N[C@H]4CCN(C(=O)CCCC[Se]C#N)C4)c3c2)cc1C#N. The molecule has 0 bridgehead atoms. The number of nitrogens with zero attached hydrogens (tertiary/aromatic N) is 6. The fraction of sp³-hybridized carbons (Fsp3) is 0.360. The average Bonchev–Trinajstić information content (AvgIpc) is 3.36. The Morgan fingerprint density at radius 1 is 1.23 bits per heavy atom. The first-order chi connectivity index (χ1) is 17.1. The Labute approximate surface area is 210 Å². The van der Waals surface area contributed by atoms with Crippen molar-refractivity contribution in [2.45, 2.75) is 37.0 Å². The van der Waals surface area contributed by atoms with Crippen LogP contribution in [0, 0.1) is 21.6 Å². The quantitative estimate of drug-likeness (QED) is 0.327. The van der Waals surface area contributed by atoms with Crippen molar-refractivity contribution in [3.63, 3.8) is 0 Å². The molecule has 4 rings (SSSR count). The van der Waals surface area contributed by atoms with Gasteiger partial charge in [0.25, 0.3) is 0 Å². The van der Waals surface area contributed by atoms with E-state index in [4.69, 9.17) is 10.00 Å². The molecule has 1 amide bonds. The number of aromatic nitrogens is 3. The van der Waals surface area contributed by atoms with Gasteiger partial charge in [-0.25, -0.2) is 9.97 Å². The van der Waals surface area contributed by atoms with Crippen molar-refractivity contribution < 1.29 is 9.53 Å². The van der Waals surface area contributed by atoms with E-state index in [-0.39, 0.29) is 26.9 Å². The number of pyridine rings is 1. The van der Waals surface area contributed by atoms with Gasteiger partial charge in [0.05, 0.1) is 7.11 Å². The summed E-state index contributed by atoms with van der Waals surface area (Å²) in [6.45, 7) is 1.36. The molecule has 1 aliphatic heterocycles. The summed E-state index contributed by atoms with van der Waals surface area (Å²) in [6, 6.07) is 9.84. The van der Waals surface area contributed by atoms with Crippen LogP contribution in [0.1, 0.15) is 31.2 Å². The molecule has 0 spiro atoms. The van der Waals surface area contributed by atoms with Gasteiger partial charge in [0.1, 0.15) is 11.6 Å². The number of rotatable bonds is 9. The number of unbranched alkanes of at least 4 members (excludes halogenated alkanes) is 1. The number of benzene rings is 1. The van der Waals surface area contributed by atoms with Crippen LogP contribution in [0.15, 0.2) is 36.8 Å². The maximum atomic E-state index is 12.6. The predicted octanol–water partition coefficient (Wildman–Crippen LogP) is 3.36. The molecule has 1 aliphatic rings. The second kappa shape index (κ2) is 11.6. The summed E-state index contributed by atoms with van der Waals surface area (Å²) in [5.41, 5.74) is 2.86. The van der Waals surface area contributed by atoms with Gasteiger partial charge in [-0.05, 0) is 17.7 Å². The van der Waals surface area contributed by atoms with Crippen LogP contribution in [0.3, 0.4) is 0 Å². The van der Waals surface area contributed by atoms with E-state index >= 15 is 0 Å². The molecule has 35 heavy (non-hydrogen) atoms. The van der Waals surface area contributed by atoms with Crippen LogP contribution in [-0.2, 0) is 4.79 Å². The first kappa shape index (κ1) is 24.4. The van der Waals surface area contributed by atoms with Crippen LogP contribution in [-0.4, -0.2) is 67.0 Å². The maximum absolute atomic E-state index is 12.6. The third kappa shape index (κ3) is 5.86. The number of methoxy groups -OCH3 is 1. The Morgan fingerprint density at radius 2 is 2.11 bits per heavy atom. The molecule has 2 aromatic heterocycles. The van der Waals surface area contributed by atoms with Crippen molar-refractivity contribution in [2.75, 3.05) is 25.5 Å². The van der Waals surface area contributed by atoms with Crippen LogP contribution in [0.2, 0.25) is 5.32 Å². The number of amides is 1. The second-order valence-electron chi connectivity index (χ2n) is 8.21. The van der Waals surface area contributed by atoms with Crippen LogP contribution in [0.25, 0.3) is 22.0 Å². The van der Waals surface area contributed by atoms with Gasteiger partial charge in [0, 0.05) is 11.8 Å². The van der Waals surface area contributed by atoms with Crippen molar-refractivity contribution >= 4 is 37.6 Å². The van der Waals surface area contributed by atoms with Gasteiger partial charge in [0.2, 0.25) is 5.88 Å². The number of anilines is 1. The predicted molar refractivity (Wildman–Crippen MR) is 133 cm³/mol. The summed E-state index contributed by atoms with van der Waals surface area (Å²) >= 11 is 0.0355. The number of ether oxygens (including phenoxy) is 1. The van der Waals surface area contributed by atoms with Crippen molar-refractivity contribution in [2.24, 2.45) is 0 Å². The van der Waals surface area contributed by atoms with E-state index in [2.05, 4.69) is 31.3 Å². The molecule has 0 saturated carbocycles. The number of hydrogen-bond donors (Lipinski definition) is 1. The monoisotopic (exact) mass is 535 g/mol. The molecule has 3 heterocycles. The molecule has 1 atom stereocenters. The zero-order valence-electron chi connectivity index (χ0n) is 19.4. The number of hydrogen-bond acceptors (Lipinski definition) is 8. The van der Waals surface area contributed by atoms with Crippen LogP contribution >= 0.6 is 0 Å². The first-order valence-electron chi connectivity index (χ1n) is 11.4. The molecule has 1 aromatic carbocycles. The Bertz CT molecular complexity index is 1300. The zero-order chi connectivity index (χ0) is 24.6. The third-order valence-corrected chi connectivity index (χ3v) is 7.27. The molecule has 0 aliphatic carbocycles. The Kier molecular flexibility index (Phi) is 8.10. The number of carbonyl (C=O) groups is 1. The molecule has 3 aromatic rings. The Hall–Kier alpha value is -3.72. The van der Waals surface area contributed by atoms with Crippen molar-refractivity contribution in [3.05, 3.63) is 42.4 Å². The average molecular weight is 534 g/mol. The van der Waals surface area contributed by atoms with E-state index in [1.165, 1.54) is 13.4 Å². The minimum absolute atomic E-state index is 0.0355. The summed E-state index contributed by atoms with van der Waals surface area (Å²) in [5.74, 6) is 1.19. The summed E-state index contributed by atoms with van der Waals surface area (Å²) in [6.07, 6.45) is 6.37. The number of nitriles is 2. The van der Waals surface area contributed by atoms with Gasteiger partial charge in [-0.1, -0.05) is 6.07 Å². The van der Waals surface area contributed by atoms with Crippen molar-refractivity contribution in [1.82, 2.24) is 19.9 Å². The van der Waals surface area contributed by atoms with E-state index in [1.807, 2.05) is 23.1 Å². The summed E-state index contributed by atoms with van der Waals surface area (Å²) in [5, 5.41) is 23.3. The topological polar surface area (TPSA) is 128 Å². The fourth-order valence-electron chi connectivity index (χ4n) is 4.16. The standard InChI is InChI=1S/C25H25N7O2Se/c1-34-25-18(12-26)10-19(13-28-25)17-5-6-22-21(11-17)24(30-16-29-22)31-20-7-8-32(14-20)23(33)4-2-3-9-35-15-27/h5-6,10-11,13,16,20H,2-4,7-9,14H2,1H3,(H,29,30,31)/t20-/m0/s1. The molecule has 0 radical (unpaired) electrons. The van der Waals surface area contributed by atoms with Gasteiger partial charge in [0.15, 0.2) is 0 Å².